The number of amides is 1. The number of hydrogen-bond acceptors (Lipinski definition) is 4. The molecule has 27 heavy (non-hydrogen) atoms. The maximum Gasteiger partial charge on any atom is 0.442 e. The molecule has 0 fully saturated rings. The molecule has 8 heteroatoms. The molecule has 1 N–H and O–H groups in total. The fourth-order valence-electron chi connectivity index (χ4n) is 2.93. The average Bonchev–Trinajstić information content (AvgIpc) is 2.90. The zero-order valence-electron chi connectivity index (χ0n) is 14.9. The van der Waals surface area contributed by atoms with Gasteiger partial charge in [0.2, 0.25) is 0 Å². The molecule has 0 saturated heterocycles. The van der Waals surface area contributed by atoms with E-state index in [-0.39, 0.29) is 18.2 Å². The Bertz CT molecular complexity index is 867. The fraction of sp³-hybridized carbons (Fsp3) is 0.316. The van der Waals surface area contributed by atoms with E-state index in [1.807, 2.05) is 0 Å². The van der Waals surface area contributed by atoms with Gasteiger partial charge in [0.05, 0.1) is 0 Å². The Hall–Kier alpha value is -2.90. The van der Waals surface area contributed by atoms with Crippen molar-refractivity contribution in [2.24, 2.45) is 4.99 Å². The second-order valence-electron chi connectivity index (χ2n) is 6.26. The van der Waals surface area contributed by atoms with Gasteiger partial charge in [-0.25, -0.2) is 9.98 Å². The van der Waals surface area contributed by atoms with Crippen LogP contribution in [0, 0.1) is 6.92 Å². The molecule has 0 saturated carbocycles. The molecule has 5 nitrogen and oxygen atoms in total. The molecule has 1 amide bonds. The van der Waals surface area contributed by atoms with E-state index in [1.165, 1.54) is 6.07 Å². The van der Waals surface area contributed by atoms with Crippen LogP contribution >= 0.6 is 0 Å². The Morgan fingerprint density at radius 2 is 1.81 bits per heavy atom. The van der Waals surface area contributed by atoms with E-state index in [4.69, 9.17) is 0 Å². The van der Waals surface area contributed by atoms with E-state index in [2.05, 4.69) is 15.3 Å². The fourth-order valence-corrected chi connectivity index (χ4v) is 2.93. The molecule has 1 aromatic heterocycles. The van der Waals surface area contributed by atoms with E-state index < -0.39 is 17.7 Å². The summed E-state index contributed by atoms with van der Waals surface area (Å²) in [6, 6.07) is 13.0. The van der Waals surface area contributed by atoms with Crippen LogP contribution in [-0.4, -0.2) is 40.0 Å². The van der Waals surface area contributed by atoms with E-state index >= 15 is 0 Å². The number of aryl methyl sites for hydroxylation is 1. The number of carbonyl (C=O) groups excluding carboxylic acids is 1. The molecule has 1 aliphatic rings. The topological polar surface area (TPSA) is 57.6 Å². The summed E-state index contributed by atoms with van der Waals surface area (Å²) in [5.74, 6) is -1.21. The standard InChI is InChI=1S/C19H19F3N4O/c1-3-12-26-16(14-9-5-4-6-10-14)25-18(17(26)27,19(20,21)22)24-15-11-7-8-13(2)23-15/h4-11H,3,12H2,1-2H3,(H,23,24)/t18-/m0/s1. The van der Waals surface area contributed by atoms with Crippen LogP contribution in [0.25, 0.3) is 0 Å². The van der Waals surface area contributed by atoms with Gasteiger partial charge in [-0.15, -0.1) is 0 Å². The molecule has 2 heterocycles. The number of rotatable bonds is 5. The molecule has 1 atom stereocenters. The van der Waals surface area contributed by atoms with Gasteiger partial charge in [-0.3, -0.25) is 9.69 Å². The van der Waals surface area contributed by atoms with Crippen molar-refractivity contribution in [1.29, 1.82) is 0 Å². The van der Waals surface area contributed by atoms with Gasteiger partial charge in [-0.2, -0.15) is 13.2 Å². The number of alkyl halides is 3. The molecule has 1 aromatic carbocycles. The first kappa shape index (κ1) is 18.9. The third-order valence-corrected chi connectivity index (χ3v) is 4.17. The Morgan fingerprint density at radius 1 is 1.11 bits per heavy atom. The Labute approximate surface area is 154 Å². The highest BCUT2D eigenvalue weighted by atomic mass is 19.4. The van der Waals surface area contributed by atoms with Crippen LogP contribution in [0.15, 0.2) is 53.5 Å². The second kappa shape index (κ2) is 7.02. The Kier molecular flexibility index (Phi) is 4.91. The predicted molar refractivity (Wildman–Crippen MR) is 96.4 cm³/mol. The van der Waals surface area contributed by atoms with Gasteiger partial charge in [0.15, 0.2) is 0 Å². The highest BCUT2D eigenvalue weighted by Gasteiger charge is 2.66. The number of hydrogen-bond donors (Lipinski definition) is 1. The minimum atomic E-state index is -4.95. The summed E-state index contributed by atoms with van der Waals surface area (Å²) in [6.45, 7) is 3.58. The van der Waals surface area contributed by atoms with Crippen LogP contribution in [0.1, 0.15) is 24.6 Å². The lowest BCUT2D eigenvalue weighted by molar-refractivity contribution is -0.185. The first-order valence-electron chi connectivity index (χ1n) is 8.54. The molecule has 0 bridgehead atoms. The van der Waals surface area contributed by atoms with Crippen molar-refractivity contribution in [2.75, 3.05) is 11.9 Å². The Morgan fingerprint density at radius 3 is 2.41 bits per heavy atom. The number of aliphatic imine (C=N–C) groups is 1. The van der Waals surface area contributed by atoms with Crippen molar-refractivity contribution in [3.05, 3.63) is 59.8 Å². The number of carbonyl (C=O) groups is 1. The van der Waals surface area contributed by atoms with Crippen LogP contribution in [0.5, 0.6) is 0 Å². The second-order valence-corrected chi connectivity index (χ2v) is 6.26. The Balaban J connectivity index is 2.14. The number of nitrogens with one attached hydrogen (secondary N) is 1. The van der Waals surface area contributed by atoms with Gasteiger partial charge in [0, 0.05) is 17.8 Å². The lowest BCUT2D eigenvalue weighted by Crippen LogP contribution is -2.58. The van der Waals surface area contributed by atoms with Gasteiger partial charge >= 0.3 is 11.8 Å². The monoisotopic (exact) mass is 376 g/mol. The van der Waals surface area contributed by atoms with Gasteiger partial charge < -0.3 is 5.32 Å². The maximum absolute atomic E-state index is 14.1. The van der Waals surface area contributed by atoms with E-state index in [9.17, 15) is 18.0 Å². The lowest BCUT2D eigenvalue weighted by Gasteiger charge is -2.29. The summed E-state index contributed by atoms with van der Waals surface area (Å²) >= 11 is 0. The zero-order chi connectivity index (χ0) is 19.7. The van der Waals surface area contributed by atoms with Crippen LogP contribution in [0.2, 0.25) is 0 Å². The number of nitrogens with zero attached hydrogens (tertiary/aromatic N) is 3. The first-order valence-corrected chi connectivity index (χ1v) is 8.54. The van der Waals surface area contributed by atoms with Gasteiger partial charge in [0.25, 0.3) is 5.91 Å². The molecular formula is C19H19F3N4O. The van der Waals surface area contributed by atoms with Crippen molar-refractivity contribution >= 4 is 17.6 Å². The predicted octanol–water partition coefficient (Wildman–Crippen LogP) is 3.76. The van der Waals surface area contributed by atoms with Crippen molar-refractivity contribution < 1.29 is 18.0 Å². The van der Waals surface area contributed by atoms with Crippen molar-refractivity contribution in [3.63, 3.8) is 0 Å². The van der Waals surface area contributed by atoms with Crippen molar-refractivity contribution in [1.82, 2.24) is 9.88 Å². The average molecular weight is 376 g/mol. The van der Waals surface area contributed by atoms with E-state index in [0.717, 1.165) is 4.90 Å². The minimum Gasteiger partial charge on any atom is -0.331 e. The molecule has 3 rings (SSSR count). The summed E-state index contributed by atoms with van der Waals surface area (Å²) in [5, 5.41) is 2.26. The largest absolute Gasteiger partial charge is 0.442 e. The zero-order valence-corrected chi connectivity index (χ0v) is 14.9. The lowest BCUT2D eigenvalue weighted by atomic mass is 10.1. The number of halogens is 3. The molecule has 0 aliphatic carbocycles. The third-order valence-electron chi connectivity index (χ3n) is 4.17. The van der Waals surface area contributed by atoms with Gasteiger partial charge in [0.1, 0.15) is 11.7 Å². The summed E-state index contributed by atoms with van der Waals surface area (Å²) in [7, 11) is 0. The quantitative estimate of drug-likeness (QED) is 0.865. The first-order chi connectivity index (χ1) is 12.8. The van der Waals surface area contributed by atoms with Crippen molar-refractivity contribution in [2.45, 2.75) is 32.1 Å². The van der Waals surface area contributed by atoms with Gasteiger partial charge in [-0.1, -0.05) is 43.3 Å². The number of anilines is 1. The smallest absolute Gasteiger partial charge is 0.331 e. The van der Waals surface area contributed by atoms with Crippen LogP contribution in [-0.2, 0) is 4.79 Å². The minimum absolute atomic E-state index is 0.0000666. The SMILES string of the molecule is CCCN1C(=O)[C@@](Nc2cccc(C)n2)(C(F)(F)F)N=C1c1ccccc1. The highest BCUT2D eigenvalue weighted by Crippen LogP contribution is 2.40. The normalized spacial score (nSPS) is 20.0. The molecule has 0 radical (unpaired) electrons. The summed E-state index contributed by atoms with van der Waals surface area (Å²) in [6.07, 6.45) is -4.45. The summed E-state index contributed by atoms with van der Waals surface area (Å²) in [4.78, 5) is 22.0. The molecular weight excluding hydrogens is 357 g/mol. The van der Waals surface area contributed by atoms with E-state index in [0.29, 0.717) is 17.7 Å². The number of aromatic nitrogens is 1. The maximum atomic E-state index is 14.1. The molecule has 0 spiro atoms. The van der Waals surface area contributed by atoms with E-state index in [1.54, 1.807) is 56.3 Å². The van der Waals surface area contributed by atoms with Crippen molar-refractivity contribution in [3.8, 4) is 0 Å². The van der Waals surface area contributed by atoms with Crippen LogP contribution in [0.3, 0.4) is 0 Å². The molecule has 2 aromatic rings. The summed E-state index contributed by atoms with van der Waals surface area (Å²) in [5.41, 5.74) is -2.13. The summed E-state index contributed by atoms with van der Waals surface area (Å²) < 4.78 is 42.3. The molecule has 142 valence electrons. The number of benzene rings is 1. The number of pyridine rings is 1. The third kappa shape index (κ3) is 3.39. The van der Waals surface area contributed by atoms with Gasteiger partial charge in [-0.05, 0) is 25.5 Å². The molecule has 1 aliphatic heterocycles. The van der Waals surface area contributed by atoms with Crippen LogP contribution in [0.4, 0.5) is 19.0 Å². The molecule has 0 unspecified atom stereocenters. The highest BCUT2D eigenvalue weighted by molar-refractivity contribution is 6.16. The number of amidine groups is 1. The van der Waals surface area contributed by atoms with Crippen LogP contribution < -0.4 is 5.32 Å².